The summed E-state index contributed by atoms with van der Waals surface area (Å²) in [6.07, 6.45) is 3.02. The van der Waals surface area contributed by atoms with Crippen LogP contribution in [0.5, 0.6) is 0 Å². The summed E-state index contributed by atoms with van der Waals surface area (Å²) in [5.74, 6) is 0. The van der Waals surface area contributed by atoms with Crippen molar-refractivity contribution in [2.45, 2.75) is 25.8 Å². The summed E-state index contributed by atoms with van der Waals surface area (Å²) in [6.45, 7) is 2.60. The molecule has 0 saturated carbocycles. The molecule has 4 heteroatoms. The van der Waals surface area contributed by atoms with Crippen molar-refractivity contribution in [1.82, 2.24) is 10.6 Å². The number of rotatable bonds is 7. The van der Waals surface area contributed by atoms with E-state index in [2.05, 4.69) is 10.6 Å². The molecule has 0 bridgehead atoms. The third-order valence-corrected chi connectivity index (χ3v) is 1.52. The van der Waals surface area contributed by atoms with Crippen LogP contribution in [0.4, 0.5) is 0 Å². The van der Waals surface area contributed by atoms with Gasteiger partial charge in [0, 0.05) is 12.6 Å². The highest BCUT2D eigenvalue weighted by Crippen LogP contribution is 1.93. The minimum absolute atomic E-state index is 0.181. The van der Waals surface area contributed by atoms with Crippen LogP contribution in [-0.2, 0) is 9.59 Å². The van der Waals surface area contributed by atoms with E-state index in [0.717, 1.165) is 12.8 Å². The topological polar surface area (TPSA) is 58.2 Å². The van der Waals surface area contributed by atoms with E-state index in [-0.39, 0.29) is 6.04 Å². The molecule has 0 aliphatic rings. The van der Waals surface area contributed by atoms with Crippen LogP contribution < -0.4 is 10.6 Å². The predicted molar refractivity (Wildman–Crippen MR) is 42.0 cm³/mol. The summed E-state index contributed by atoms with van der Waals surface area (Å²) in [5, 5.41) is 5.19. The number of nitrogens with one attached hydrogen (secondary N) is 2. The first-order chi connectivity index (χ1) is 5.35. The van der Waals surface area contributed by atoms with Crippen LogP contribution in [-0.4, -0.2) is 25.4 Å². The van der Waals surface area contributed by atoms with E-state index in [1.807, 2.05) is 6.92 Å². The molecule has 0 aromatic carbocycles. The summed E-state index contributed by atoms with van der Waals surface area (Å²) in [4.78, 5) is 19.8. The Morgan fingerprint density at radius 2 is 2.09 bits per heavy atom. The van der Waals surface area contributed by atoms with E-state index in [1.165, 1.54) is 0 Å². The first-order valence-corrected chi connectivity index (χ1v) is 3.71. The van der Waals surface area contributed by atoms with Gasteiger partial charge in [-0.05, 0) is 12.8 Å². The zero-order valence-corrected chi connectivity index (χ0v) is 6.67. The van der Waals surface area contributed by atoms with E-state index in [1.54, 1.807) is 0 Å². The first-order valence-electron chi connectivity index (χ1n) is 3.71. The largest absolute Gasteiger partial charge is 0.359 e. The monoisotopic (exact) mass is 158 g/mol. The summed E-state index contributed by atoms with van der Waals surface area (Å²) < 4.78 is 0. The lowest BCUT2D eigenvalue weighted by Crippen LogP contribution is -2.30. The standard InChI is InChI=1S/C7H14N2O2/c1-2-7(9-6-11)3-4-8-5-10/h5-7H,2-4H2,1H3,(H,8,10)(H,9,11). The minimum Gasteiger partial charge on any atom is -0.359 e. The Morgan fingerprint density at radius 1 is 1.36 bits per heavy atom. The summed E-state index contributed by atoms with van der Waals surface area (Å²) >= 11 is 0. The second-order valence-electron chi connectivity index (χ2n) is 2.25. The van der Waals surface area contributed by atoms with Crippen molar-refractivity contribution in [2.24, 2.45) is 0 Å². The van der Waals surface area contributed by atoms with Crippen LogP contribution in [0.1, 0.15) is 19.8 Å². The van der Waals surface area contributed by atoms with E-state index < -0.39 is 0 Å². The van der Waals surface area contributed by atoms with Crippen molar-refractivity contribution < 1.29 is 9.59 Å². The van der Waals surface area contributed by atoms with Crippen LogP contribution in [0.25, 0.3) is 0 Å². The molecule has 2 amide bonds. The van der Waals surface area contributed by atoms with Crippen LogP contribution >= 0.6 is 0 Å². The molecule has 0 aromatic heterocycles. The molecule has 0 fully saturated rings. The van der Waals surface area contributed by atoms with Crippen molar-refractivity contribution in [2.75, 3.05) is 6.54 Å². The predicted octanol–water partition coefficient (Wildman–Crippen LogP) is -0.353. The highest BCUT2D eigenvalue weighted by Gasteiger charge is 2.01. The molecule has 0 spiro atoms. The van der Waals surface area contributed by atoms with Gasteiger partial charge in [-0.2, -0.15) is 0 Å². The van der Waals surface area contributed by atoms with Crippen LogP contribution in [0.2, 0.25) is 0 Å². The molecule has 0 aliphatic heterocycles. The van der Waals surface area contributed by atoms with Gasteiger partial charge in [-0.1, -0.05) is 6.92 Å². The van der Waals surface area contributed by atoms with Gasteiger partial charge in [0.1, 0.15) is 0 Å². The van der Waals surface area contributed by atoms with Gasteiger partial charge in [0.2, 0.25) is 12.8 Å². The van der Waals surface area contributed by atoms with Gasteiger partial charge in [0.05, 0.1) is 0 Å². The summed E-state index contributed by atoms with van der Waals surface area (Å²) in [7, 11) is 0. The van der Waals surface area contributed by atoms with E-state index >= 15 is 0 Å². The highest BCUT2D eigenvalue weighted by atomic mass is 16.1. The van der Waals surface area contributed by atoms with Gasteiger partial charge in [0.25, 0.3) is 0 Å². The van der Waals surface area contributed by atoms with E-state index in [9.17, 15) is 9.59 Å². The van der Waals surface area contributed by atoms with Crippen molar-refractivity contribution in [1.29, 1.82) is 0 Å². The molecule has 0 saturated heterocycles. The third kappa shape index (κ3) is 5.39. The zero-order valence-electron chi connectivity index (χ0n) is 6.67. The Balaban J connectivity index is 3.34. The Bertz CT molecular complexity index is 117. The fourth-order valence-corrected chi connectivity index (χ4v) is 0.818. The highest BCUT2D eigenvalue weighted by molar-refractivity contribution is 5.47. The molecule has 0 radical (unpaired) electrons. The summed E-state index contributed by atoms with van der Waals surface area (Å²) in [5.41, 5.74) is 0. The maximum atomic E-state index is 10.0. The molecule has 0 aliphatic carbocycles. The number of hydrogen-bond acceptors (Lipinski definition) is 2. The fraction of sp³-hybridized carbons (Fsp3) is 0.714. The van der Waals surface area contributed by atoms with Gasteiger partial charge in [-0.3, -0.25) is 9.59 Å². The molecule has 4 nitrogen and oxygen atoms in total. The van der Waals surface area contributed by atoms with E-state index in [0.29, 0.717) is 19.4 Å². The van der Waals surface area contributed by atoms with Crippen molar-refractivity contribution >= 4 is 12.8 Å². The van der Waals surface area contributed by atoms with Crippen molar-refractivity contribution in [3.8, 4) is 0 Å². The lowest BCUT2D eigenvalue weighted by Gasteiger charge is -2.12. The number of hydrogen-bond donors (Lipinski definition) is 2. The average Bonchev–Trinajstić information content (AvgIpc) is 2.03. The number of carbonyl (C=O) groups is 2. The van der Waals surface area contributed by atoms with Gasteiger partial charge in [0.15, 0.2) is 0 Å². The van der Waals surface area contributed by atoms with Gasteiger partial charge in [-0.15, -0.1) is 0 Å². The molecule has 1 unspecified atom stereocenters. The molecule has 64 valence electrons. The Labute approximate surface area is 66.4 Å². The van der Waals surface area contributed by atoms with Crippen molar-refractivity contribution in [3.63, 3.8) is 0 Å². The van der Waals surface area contributed by atoms with Gasteiger partial charge >= 0.3 is 0 Å². The number of amides is 2. The second-order valence-corrected chi connectivity index (χ2v) is 2.25. The molecule has 0 heterocycles. The molecule has 2 N–H and O–H groups in total. The van der Waals surface area contributed by atoms with Crippen LogP contribution in [0, 0.1) is 0 Å². The Kier molecular flexibility index (Phi) is 6.37. The van der Waals surface area contributed by atoms with Gasteiger partial charge in [-0.25, -0.2) is 0 Å². The smallest absolute Gasteiger partial charge is 0.207 e. The van der Waals surface area contributed by atoms with Crippen LogP contribution in [0.15, 0.2) is 0 Å². The molecule has 11 heavy (non-hydrogen) atoms. The Hall–Kier alpha value is -1.06. The van der Waals surface area contributed by atoms with Crippen molar-refractivity contribution in [3.05, 3.63) is 0 Å². The molecular formula is C7H14N2O2. The molecule has 1 atom stereocenters. The zero-order chi connectivity index (χ0) is 8.53. The average molecular weight is 158 g/mol. The second kappa shape index (κ2) is 7.05. The summed E-state index contributed by atoms with van der Waals surface area (Å²) in [6, 6.07) is 0.181. The minimum atomic E-state index is 0.181. The van der Waals surface area contributed by atoms with Crippen LogP contribution in [0.3, 0.4) is 0 Å². The fourth-order valence-electron chi connectivity index (χ4n) is 0.818. The normalized spacial score (nSPS) is 11.7. The maximum absolute atomic E-state index is 10.0. The lowest BCUT2D eigenvalue weighted by atomic mass is 10.1. The van der Waals surface area contributed by atoms with E-state index in [4.69, 9.17) is 0 Å². The first kappa shape index (κ1) is 9.94. The molecule has 0 rings (SSSR count). The Morgan fingerprint density at radius 3 is 2.55 bits per heavy atom. The third-order valence-electron chi connectivity index (χ3n) is 1.52. The SMILES string of the molecule is CCC(CCNC=O)NC=O. The molecular weight excluding hydrogens is 144 g/mol. The number of carbonyl (C=O) groups excluding carboxylic acids is 2. The van der Waals surface area contributed by atoms with Gasteiger partial charge < -0.3 is 10.6 Å². The molecule has 0 aromatic rings. The quantitative estimate of drug-likeness (QED) is 0.393. The lowest BCUT2D eigenvalue weighted by molar-refractivity contribution is -0.110. The maximum Gasteiger partial charge on any atom is 0.207 e.